The van der Waals surface area contributed by atoms with Crippen molar-refractivity contribution in [1.82, 2.24) is 4.90 Å². The standard InChI is InChI=1S/C16H22FN3/c1-11-15(17)7-13(9-18)8-16(11)19-12(2)14-5-4-6-20(3)10-14/h7-8,12,14,19H,4-6,10H2,1-3H3. The molecule has 1 aromatic carbocycles. The van der Waals surface area contributed by atoms with Gasteiger partial charge in [-0.1, -0.05) is 0 Å². The first-order valence-electron chi connectivity index (χ1n) is 7.16. The number of nitrogens with one attached hydrogen (secondary N) is 1. The second kappa shape index (κ2) is 6.23. The lowest BCUT2D eigenvalue weighted by Crippen LogP contribution is -2.40. The van der Waals surface area contributed by atoms with Gasteiger partial charge in [0.2, 0.25) is 0 Å². The number of likely N-dealkylation sites (tertiary alicyclic amines) is 1. The lowest BCUT2D eigenvalue weighted by atomic mass is 9.91. The second-order valence-corrected chi connectivity index (χ2v) is 5.84. The van der Waals surface area contributed by atoms with Crippen LogP contribution in [0.2, 0.25) is 0 Å². The molecule has 2 rings (SSSR count). The van der Waals surface area contributed by atoms with Gasteiger partial charge >= 0.3 is 0 Å². The number of anilines is 1. The van der Waals surface area contributed by atoms with Crippen molar-refractivity contribution < 1.29 is 4.39 Å². The van der Waals surface area contributed by atoms with Crippen LogP contribution in [0.4, 0.5) is 10.1 Å². The maximum absolute atomic E-state index is 13.8. The molecule has 0 aliphatic carbocycles. The minimum absolute atomic E-state index is 0.268. The summed E-state index contributed by atoms with van der Waals surface area (Å²) in [5.74, 6) is 0.237. The zero-order valence-corrected chi connectivity index (χ0v) is 12.4. The molecule has 0 radical (unpaired) electrons. The predicted molar refractivity (Wildman–Crippen MR) is 79.2 cm³/mol. The van der Waals surface area contributed by atoms with Gasteiger partial charge in [0.15, 0.2) is 0 Å². The molecule has 1 N–H and O–H groups in total. The summed E-state index contributed by atoms with van der Waals surface area (Å²) < 4.78 is 13.8. The van der Waals surface area contributed by atoms with Crippen LogP contribution in [0.15, 0.2) is 12.1 Å². The first-order valence-corrected chi connectivity index (χ1v) is 7.16. The van der Waals surface area contributed by atoms with Crippen molar-refractivity contribution in [2.75, 3.05) is 25.5 Å². The Morgan fingerprint density at radius 2 is 2.25 bits per heavy atom. The smallest absolute Gasteiger partial charge is 0.129 e. The fraction of sp³-hybridized carbons (Fsp3) is 0.562. The molecule has 2 atom stereocenters. The number of hydrogen-bond donors (Lipinski definition) is 1. The number of nitrogens with zero attached hydrogens (tertiary/aromatic N) is 2. The van der Waals surface area contributed by atoms with Gasteiger partial charge in [0.25, 0.3) is 0 Å². The highest BCUT2D eigenvalue weighted by Gasteiger charge is 2.23. The Hall–Kier alpha value is -1.60. The average molecular weight is 275 g/mol. The zero-order valence-electron chi connectivity index (χ0n) is 12.4. The van der Waals surface area contributed by atoms with Crippen LogP contribution in [0.3, 0.4) is 0 Å². The van der Waals surface area contributed by atoms with Crippen LogP contribution in [0.5, 0.6) is 0 Å². The first kappa shape index (κ1) is 14.8. The Bertz CT molecular complexity index is 521. The summed E-state index contributed by atoms with van der Waals surface area (Å²) >= 11 is 0. The van der Waals surface area contributed by atoms with Crippen LogP contribution >= 0.6 is 0 Å². The van der Waals surface area contributed by atoms with E-state index in [4.69, 9.17) is 5.26 Å². The molecule has 0 aromatic heterocycles. The summed E-state index contributed by atoms with van der Waals surface area (Å²) in [5, 5.41) is 12.3. The molecule has 20 heavy (non-hydrogen) atoms. The van der Waals surface area contributed by atoms with Crippen LogP contribution in [0.1, 0.15) is 30.9 Å². The number of piperidine rings is 1. The Kier molecular flexibility index (Phi) is 4.61. The van der Waals surface area contributed by atoms with E-state index in [1.54, 1.807) is 13.0 Å². The molecule has 1 aliphatic heterocycles. The van der Waals surface area contributed by atoms with Crippen molar-refractivity contribution in [3.8, 4) is 6.07 Å². The van der Waals surface area contributed by atoms with Crippen LogP contribution in [0.25, 0.3) is 0 Å². The highest BCUT2D eigenvalue weighted by molar-refractivity contribution is 5.56. The van der Waals surface area contributed by atoms with Gasteiger partial charge in [-0.15, -0.1) is 0 Å². The summed E-state index contributed by atoms with van der Waals surface area (Å²) in [7, 11) is 2.14. The summed E-state index contributed by atoms with van der Waals surface area (Å²) in [6.45, 7) is 6.10. The summed E-state index contributed by atoms with van der Waals surface area (Å²) in [6, 6.07) is 5.30. The fourth-order valence-electron chi connectivity index (χ4n) is 2.87. The third-order valence-electron chi connectivity index (χ3n) is 4.22. The van der Waals surface area contributed by atoms with E-state index < -0.39 is 0 Å². The maximum atomic E-state index is 13.8. The second-order valence-electron chi connectivity index (χ2n) is 5.84. The largest absolute Gasteiger partial charge is 0.382 e. The van der Waals surface area contributed by atoms with Crippen molar-refractivity contribution in [2.24, 2.45) is 5.92 Å². The van der Waals surface area contributed by atoms with Crippen LogP contribution < -0.4 is 5.32 Å². The van der Waals surface area contributed by atoms with Gasteiger partial charge in [-0.2, -0.15) is 5.26 Å². The Balaban J connectivity index is 2.13. The number of nitriles is 1. The number of rotatable bonds is 3. The number of benzene rings is 1. The minimum Gasteiger partial charge on any atom is -0.382 e. The third-order valence-corrected chi connectivity index (χ3v) is 4.22. The first-order chi connectivity index (χ1) is 9.51. The molecular formula is C16H22FN3. The van der Waals surface area contributed by atoms with Gasteiger partial charge in [0.05, 0.1) is 11.6 Å². The van der Waals surface area contributed by atoms with E-state index in [2.05, 4.69) is 24.2 Å². The van der Waals surface area contributed by atoms with Gasteiger partial charge in [-0.3, -0.25) is 0 Å². The Morgan fingerprint density at radius 1 is 1.50 bits per heavy atom. The number of hydrogen-bond acceptors (Lipinski definition) is 3. The van der Waals surface area contributed by atoms with E-state index in [-0.39, 0.29) is 11.9 Å². The molecule has 0 spiro atoms. The van der Waals surface area contributed by atoms with E-state index in [0.717, 1.165) is 18.8 Å². The Morgan fingerprint density at radius 3 is 2.90 bits per heavy atom. The van der Waals surface area contributed by atoms with E-state index >= 15 is 0 Å². The number of halogens is 1. The van der Waals surface area contributed by atoms with Gasteiger partial charge in [-0.25, -0.2) is 4.39 Å². The maximum Gasteiger partial charge on any atom is 0.129 e. The van der Waals surface area contributed by atoms with Crippen molar-refractivity contribution in [3.05, 3.63) is 29.1 Å². The minimum atomic E-state index is -0.320. The topological polar surface area (TPSA) is 39.1 Å². The fourth-order valence-corrected chi connectivity index (χ4v) is 2.87. The molecule has 1 fully saturated rings. The molecule has 1 saturated heterocycles. The van der Waals surface area contributed by atoms with Gasteiger partial charge in [0.1, 0.15) is 5.82 Å². The molecule has 1 aromatic rings. The van der Waals surface area contributed by atoms with Crippen molar-refractivity contribution in [1.29, 1.82) is 5.26 Å². The van der Waals surface area contributed by atoms with Crippen LogP contribution in [-0.2, 0) is 0 Å². The quantitative estimate of drug-likeness (QED) is 0.921. The van der Waals surface area contributed by atoms with E-state index in [0.29, 0.717) is 17.0 Å². The highest BCUT2D eigenvalue weighted by Crippen LogP contribution is 2.25. The Labute approximate surface area is 120 Å². The lowest BCUT2D eigenvalue weighted by molar-refractivity contribution is 0.197. The van der Waals surface area contributed by atoms with Crippen molar-refractivity contribution in [2.45, 2.75) is 32.7 Å². The summed E-state index contributed by atoms with van der Waals surface area (Å²) in [6.07, 6.45) is 2.40. The lowest BCUT2D eigenvalue weighted by Gasteiger charge is -2.34. The van der Waals surface area contributed by atoms with Gasteiger partial charge in [0, 0.05) is 23.8 Å². The van der Waals surface area contributed by atoms with E-state index in [1.165, 1.54) is 18.9 Å². The molecule has 1 aliphatic rings. The molecule has 0 saturated carbocycles. The average Bonchev–Trinajstić information content (AvgIpc) is 2.43. The summed E-state index contributed by atoms with van der Waals surface area (Å²) in [4.78, 5) is 2.34. The van der Waals surface area contributed by atoms with E-state index in [9.17, 15) is 4.39 Å². The van der Waals surface area contributed by atoms with Gasteiger partial charge in [-0.05, 0) is 58.3 Å². The molecule has 2 unspecified atom stereocenters. The molecular weight excluding hydrogens is 253 g/mol. The van der Waals surface area contributed by atoms with Crippen LogP contribution in [0, 0.1) is 30.0 Å². The molecule has 3 nitrogen and oxygen atoms in total. The van der Waals surface area contributed by atoms with Crippen molar-refractivity contribution >= 4 is 5.69 Å². The molecule has 0 amide bonds. The normalized spacial score (nSPS) is 21.2. The third kappa shape index (κ3) is 3.29. The van der Waals surface area contributed by atoms with Crippen LogP contribution in [-0.4, -0.2) is 31.1 Å². The van der Waals surface area contributed by atoms with Crippen molar-refractivity contribution in [3.63, 3.8) is 0 Å². The molecule has 108 valence electrons. The molecule has 4 heteroatoms. The summed E-state index contributed by atoms with van der Waals surface area (Å²) in [5.41, 5.74) is 1.69. The molecule has 1 heterocycles. The van der Waals surface area contributed by atoms with Gasteiger partial charge < -0.3 is 10.2 Å². The van der Waals surface area contributed by atoms with E-state index in [1.807, 2.05) is 6.07 Å². The molecule has 0 bridgehead atoms. The predicted octanol–water partition coefficient (Wildman–Crippen LogP) is 3.15. The monoisotopic (exact) mass is 275 g/mol. The highest BCUT2D eigenvalue weighted by atomic mass is 19.1. The zero-order chi connectivity index (χ0) is 14.7. The SMILES string of the molecule is Cc1c(F)cc(C#N)cc1NC(C)C1CCCN(C)C1.